The standard InChI is InChI=1S/C11H15FN4O2/c1-16(2)10(17)5-15-9-3-6(11(14)18)8(13)4-7(9)12/h3-4,15H,5,13H2,1-2H3,(H2,14,18). The van der Waals surface area contributed by atoms with Gasteiger partial charge in [-0.2, -0.15) is 0 Å². The van der Waals surface area contributed by atoms with Gasteiger partial charge in [-0.25, -0.2) is 4.39 Å². The van der Waals surface area contributed by atoms with Crippen LogP contribution in [0.4, 0.5) is 15.8 Å². The summed E-state index contributed by atoms with van der Waals surface area (Å²) in [5, 5.41) is 2.59. The molecule has 0 saturated carbocycles. The Labute approximate surface area is 104 Å². The third kappa shape index (κ3) is 3.09. The number of amides is 2. The fourth-order valence-electron chi connectivity index (χ4n) is 1.27. The van der Waals surface area contributed by atoms with Crippen LogP contribution in [0.3, 0.4) is 0 Å². The molecule has 1 aromatic rings. The molecule has 0 heterocycles. The lowest BCUT2D eigenvalue weighted by Crippen LogP contribution is -2.29. The Balaban J connectivity index is 2.92. The Kier molecular flexibility index (Phi) is 4.09. The molecule has 18 heavy (non-hydrogen) atoms. The topological polar surface area (TPSA) is 101 Å². The maximum Gasteiger partial charge on any atom is 0.250 e. The van der Waals surface area contributed by atoms with Crippen molar-refractivity contribution in [3.05, 3.63) is 23.5 Å². The summed E-state index contributed by atoms with van der Waals surface area (Å²) in [6.07, 6.45) is 0. The number of nitrogen functional groups attached to an aromatic ring is 1. The number of primary amides is 1. The SMILES string of the molecule is CN(C)C(=O)CNc1cc(C(N)=O)c(N)cc1F. The number of nitrogens with one attached hydrogen (secondary N) is 1. The molecule has 0 atom stereocenters. The molecular weight excluding hydrogens is 239 g/mol. The molecule has 0 saturated heterocycles. The van der Waals surface area contributed by atoms with Crippen LogP contribution >= 0.6 is 0 Å². The molecule has 7 heteroatoms. The van der Waals surface area contributed by atoms with E-state index in [1.807, 2.05) is 0 Å². The van der Waals surface area contributed by atoms with Crippen molar-refractivity contribution in [2.24, 2.45) is 5.73 Å². The zero-order chi connectivity index (χ0) is 13.9. The smallest absolute Gasteiger partial charge is 0.250 e. The van der Waals surface area contributed by atoms with Gasteiger partial charge >= 0.3 is 0 Å². The van der Waals surface area contributed by atoms with Crippen LogP contribution < -0.4 is 16.8 Å². The summed E-state index contributed by atoms with van der Waals surface area (Å²) in [6.45, 7) is -0.0912. The van der Waals surface area contributed by atoms with E-state index in [0.29, 0.717) is 0 Å². The quantitative estimate of drug-likeness (QED) is 0.658. The second kappa shape index (κ2) is 5.35. The van der Waals surface area contributed by atoms with E-state index in [4.69, 9.17) is 11.5 Å². The average molecular weight is 254 g/mol. The third-order valence-corrected chi connectivity index (χ3v) is 2.33. The predicted molar refractivity (Wildman–Crippen MR) is 66.5 cm³/mol. The van der Waals surface area contributed by atoms with Crippen LogP contribution in [0.15, 0.2) is 12.1 Å². The largest absolute Gasteiger partial charge is 0.398 e. The molecule has 0 radical (unpaired) electrons. The molecule has 0 spiro atoms. The zero-order valence-corrected chi connectivity index (χ0v) is 10.2. The predicted octanol–water partition coefficient (Wildman–Crippen LogP) is 0.00690. The van der Waals surface area contributed by atoms with Gasteiger partial charge in [0.05, 0.1) is 17.8 Å². The van der Waals surface area contributed by atoms with Crippen LogP contribution in [0.2, 0.25) is 0 Å². The lowest BCUT2D eigenvalue weighted by atomic mass is 10.1. The van der Waals surface area contributed by atoms with Gasteiger partial charge in [0, 0.05) is 19.8 Å². The molecule has 0 aromatic heterocycles. The number of rotatable bonds is 4. The minimum atomic E-state index is -0.755. The average Bonchev–Trinajstić information content (AvgIpc) is 2.26. The van der Waals surface area contributed by atoms with Gasteiger partial charge < -0.3 is 21.7 Å². The minimum Gasteiger partial charge on any atom is -0.398 e. The number of carbonyl (C=O) groups excluding carboxylic acids is 2. The fraction of sp³-hybridized carbons (Fsp3) is 0.273. The van der Waals surface area contributed by atoms with E-state index < -0.39 is 11.7 Å². The molecule has 6 nitrogen and oxygen atoms in total. The van der Waals surface area contributed by atoms with Gasteiger partial charge in [0.25, 0.3) is 5.91 Å². The first kappa shape index (κ1) is 13.8. The Morgan fingerprint density at radius 2 is 2.00 bits per heavy atom. The van der Waals surface area contributed by atoms with Crippen LogP contribution in [0.1, 0.15) is 10.4 Å². The first-order valence-electron chi connectivity index (χ1n) is 5.15. The van der Waals surface area contributed by atoms with Crippen LogP contribution in [0, 0.1) is 5.82 Å². The van der Waals surface area contributed by atoms with Gasteiger partial charge in [0.2, 0.25) is 5.91 Å². The number of anilines is 2. The molecule has 1 aromatic carbocycles. The Morgan fingerprint density at radius 1 is 1.39 bits per heavy atom. The third-order valence-electron chi connectivity index (χ3n) is 2.33. The summed E-state index contributed by atoms with van der Waals surface area (Å²) < 4.78 is 13.5. The molecular formula is C11H15FN4O2. The second-order valence-electron chi connectivity index (χ2n) is 3.93. The Morgan fingerprint density at radius 3 is 2.50 bits per heavy atom. The molecule has 0 fully saturated rings. The van der Waals surface area contributed by atoms with E-state index in [1.165, 1.54) is 11.0 Å². The maximum absolute atomic E-state index is 13.5. The summed E-state index contributed by atoms with van der Waals surface area (Å²) >= 11 is 0. The van der Waals surface area contributed by atoms with Gasteiger partial charge in [-0.05, 0) is 12.1 Å². The molecule has 98 valence electrons. The van der Waals surface area contributed by atoms with Crippen molar-refractivity contribution in [1.29, 1.82) is 0 Å². The van der Waals surface area contributed by atoms with E-state index in [9.17, 15) is 14.0 Å². The van der Waals surface area contributed by atoms with Gasteiger partial charge in [0.1, 0.15) is 5.82 Å². The highest BCUT2D eigenvalue weighted by atomic mass is 19.1. The molecule has 1 rings (SSSR count). The number of nitrogens with zero attached hydrogens (tertiary/aromatic N) is 1. The molecule has 0 aliphatic carbocycles. The fourth-order valence-corrected chi connectivity index (χ4v) is 1.27. The normalized spacial score (nSPS) is 9.94. The Hall–Kier alpha value is -2.31. The van der Waals surface area contributed by atoms with Gasteiger partial charge in [-0.3, -0.25) is 9.59 Å². The van der Waals surface area contributed by atoms with E-state index in [-0.39, 0.29) is 29.4 Å². The lowest BCUT2D eigenvalue weighted by molar-refractivity contribution is -0.126. The molecule has 0 bridgehead atoms. The molecule has 0 aliphatic heterocycles. The zero-order valence-electron chi connectivity index (χ0n) is 10.2. The highest BCUT2D eigenvalue weighted by molar-refractivity contribution is 5.99. The second-order valence-corrected chi connectivity index (χ2v) is 3.93. The number of nitrogens with two attached hydrogens (primary N) is 2. The monoisotopic (exact) mass is 254 g/mol. The lowest BCUT2D eigenvalue weighted by Gasteiger charge is -2.13. The van der Waals surface area contributed by atoms with Crippen molar-refractivity contribution in [3.63, 3.8) is 0 Å². The summed E-state index contributed by atoms with van der Waals surface area (Å²) in [5.74, 6) is -1.63. The van der Waals surface area contributed by atoms with Crippen molar-refractivity contribution >= 4 is 23.2 Å². The summed E-state index contributed by atoms with van der Waals surface area (Å²) in [6, 6.07) is 2.18. The maximum atomic E-state index is 13.5. The molecule has 5 N–H and O–H groups in total. The van der Waals surface area contributed by atoms with Crippen molar-refractivity contribution in [1.82, 2.24) is 4.90 Å². The first-order chi connectivity index (χ1) is 8.32. The van der Waals surface area contributed by atoms with E-state index in [0.717, 1.165) is 6.07 Å². The number of hydrogen-bond donors (Lipinski definition) is 3. The Bertz CT molecular complexity index is 488. The van der Waals surface area contributed by atoms with Crippen LogP contribution in [0.25, 0.3) is 0 Å². The summed E-state index contributed by atoms with van der Waals surface area (Å²) in [7, 11) is 3.16. The summed E-state index contributed by atoms with van der Waals surface area (Å²) in [5.41, 5.74) is 10.5. The highest BCUT2D eigenvalue weighted by Crippen LogP contribution is 2.21. The number of hydrogen-bond acceptors (Lipinski definition) is 4. The van der Waals surface area contributed by atoms with E-state index >= 15 is 0 Å². The first-order valence-corrected chi connectivity index (χ1v) is 5.15. The number of likely N-dealkylation sites (N-methyl/N-ethyl adjacent to an activating group) is 1. The van der Waals surface area contributed by atoms with E-state index in [1.54, 1.807) is 14.1 Å². The van der Waals surface area contributed by atoms with Gasteiger partial charge in [-0.15, -0.1) is 0 Å². The minimum absolute atomic E-state index is 0.00759. The van der Waals surface area contributed by atoms with E-state index in [2.05, 4.69) is 5.32 Å². The van der Waals surface area contributed by atoms with Crippen LogP contribution in [-0.2, 0) is 4.79 Å². The van der Waals surface area contributed by atoms with Gasteiger partial charge in [-0.1, -0.05) is 0 Å². The molecule has 0 unspecified atom stereocenters. The van der Waals surface area contributed by atoms with Gasteiger partial charge in [0.15, 0.2) is 0 Å². The summed E-state index contributed by atoms with van der Waals surface area (Å²) in [4.78, 5) is 23.7. The molecule has 2 amide bonds. The van der Waals surface area contributed by atoms with Crippen LogP contribution in [-0.4, -0.2) is 37.4 Å². The van der Waals surface area contributed by atoms with Crippen molar-refractivity contribution < 1.29 is 14.0 Å². The van der Waals surface area contributed by atoms with Crippen LogP contribution in [0.5, 0.6) is 0 Å². The van der Waals surface area contributed by atoms with Crippen molar-refractivity contribution in [2.45, 2.75) is 0 Å². The number of carbonyl (C=O) groups is 2. The number of halogens is 1. The van der Waals surface area contributed by atoms with Crippen molar-refractivity contribution in [3.8, 4) is 0 Å². The van der Waals surface area contributed by atoms with Crippen molar-refractivity contribution in [2.75, 3.05) is 31.7 Å². The molecule has 0 aliphatic rings. The highest BCUT2D eigenvalue weighted by Gasteiger charge is 2.13. The number of benzene rings is 1.